The smallest absolute Gasteiger partial charge is 0.191 e. The zero-order chi connectivity index (χ0) is 15.5. The molecular weight excluding hydrogens is 272 g/mol. The van der Waals surface area contributed by atoms with Crippen molar-refractivity contribution in [1.29, 1.82) is 0 Å². The average molecular weight is 294 g/mol. The highest BCUT2D eigenvalue weighted by molar-refractivity contribution is 6.22. The quantitative estimate of drug-likeness (QED) is 0.501. The summed E-state index contributed by atoms with van der Waals surface area (Å²) in [6, 6.07) is 12.1. The third-order valence-corrected chi connectivity index (χ3v) is 4.23. The number of carbonyl (C=O) groups excluding carboxylic acids is 1. The third-order valence-electron chi connectivity index (χ3n) is 4.23. The number of unbranched alkanes of at least 4 members (excludes halogenated alkanes) is 2. The second-order valence-electron chi connectivity index (χ2n) is 5.93. The van der Waals surface area contributed by atoms with E-state index in [0.717, 1.165) is 40.4 Å². The lowest BCUT2D eigenvalue weighted by molar-refractivity contribution is 0.102. The Hall–Kier alpha value is -1.97. The normalized spacial score (nSPS) is 13.8. The van der Waals surface area contributed by atoms with Gasteiger partial charge in [0.15, 0.2) is 5.78 Å². The molecule has 0 saturated carbocycles. The molecule has 1 aliphatic rings. The molecule has 0 fully saturated rings. The van der Waals surface area contributed by atoms with Crippen LogP contribution in [-0.4, -0.2) is 23.9 Å². The van der Waals surface area contributed by atoms with Crippen molar-refractivity contribution in [2.75, 3.05) is 13.1 Å². The van der Waals surface area contributed by atoms with Gasteiger partial charge in [0.05, 0.1) is 0 Å². The van der Waals surface area contributed by atoms with E-state index in [2.05, 4.69) is 25.1 Å². The molecule has 0 saturated heterocycles. The van der Waals surface area contributed by atoms with E-state index in [-0.39, 0.29) is 5.78 Å². The molecule has 2 N–H and O–H groups in total. The van der Waals surface area contributed by atoms with Crippen LogP contribution in [0.1, 0.15) is 42.1 Å². The molecule has 114 valence electrons. The monoisotopic (exact) mass is 294 g/mol. The zero-order valence-corrected chi connectivity index (χ0v) is 13.0. The van der Waals surface area contributed by atoms with Gasteiger partial charge in [0, 0.05) is 29.6 Å². The molecule has 2 aromatic carbocycles. The molecule has 0 aromatic heterocycles. The number of nitrogens with two attached hydrogens (primary N) is 1. The van der Waals surface area contributed by atoms with Crippen LogP contribution in [0.3, 0.4) is 0 Å². The standard InChI is InChI=1S/C19H22N2O/c1-2-3-4-11-21(20)13-16-12-15-9-5-7-14-8-6-10-17(18(14)15)19(16)22/h5-10,12H,2-4,11,13,20H2,1H3. The Bertz CT molecular complexity index is 728. The van der Waals surface area contributed by atoms with Gasteiger partial charge in [-0.05, 0) is 23.4 Å². The Morgan fingerprint density at radius 2 is 1.86 bits per heavy atom. The summed E-state index contributed by atoms with van der Waals surface area (Å²) in [7, 11) is 0. The summed E-state index contributed by atoms with van der Waals surface area (Å²) < 4.78 is 0. The first-order valence-corrected chi connectivity index (χ1v) is 7.97. The van der Waals surface area contributed by atoms with E-state index >= 15 is 0 Å². The highest BCUT2D eigenvalue weighted by atomic mass is 16.1. The van der Waals surface area contributed by atoms with Crippen LogP contribution >= 0.6 is 0 Å². The van der Waals surface area contributed by atoms with Gasteiger partial charge in [0.25, 0.3) is 0 Å². The fourth-order valence-corrected chi connectivity index (χ4v) is 3.09. The molecule has 22 heavy (non-hydrogen) atoms. The number of ketones is 1. The third kappa shape index (κ3) is 2.82. The van der Waals surface area contributed by atoms with E-state index in [4.69, 9.17) is 5.84 Å². The topological polar surface area (TPSA) is 46.3 Å². The largest absolute Gasteiger partial charge is 0.289 e. The summed E-state index contributed by atoms with van der Waals surface area (Å²) in [5.74, 6) is 6.17. The number of hydrogen-bond donors (Lipinski definition) is 1. The summed E-state index contributed by atoms with van der Waals surface area (Å²) in [5.41, 5.74) is 2.70. The van der Waals surface area contributed by atoms with E-state index < -0.39 is 0 Å². The molecule has 0 bridgehead atoms. The van der Waals surface area contributed by atoms with Gasteiger partial charge in [0.1, 0.15) is 0 Å². The Morgan fingerprint density at radius 3 is 2.64 bits per heavy atom. The summed E-state index contributed by atoms with van der Waals surface area (Å²) >= 11 is 0. The van der Waals surface area contributed by atoms with Crippen LogP contribution in [0, 0.1) is 0 Å². The number of rotatable bonds is 6. The molecular formula is C19H22N2O. The van der Waals surface area contributed by atoms with Gasteiger partial charge in [-0.3, -0.25) is 10.6 Å². The number of carbonyl (C=O) groups is 1. The molecule has 0 atom stereocenters. The van der Waals surface area contributed by atoms with Gasteiger partial charge in [-0.2, -0.15) is 0 Å². The molecule has 0 amide bonds. The van der Waals surface area contributed by atoms with Crippen molar-refractivity contribution in [2.24, 2.45) is 5.84 Å². The van der Waals surface area contributed by atoms with E-state index in [1.165, 1.54) is 12.8 Å². The van der Waals surface area contributed by atoms with Crippen molar-refractivity contribution in [3.05, 3.63) is 53.1 Å². The minimum atomic E-state index is 0.107. The predicted octanol–water partition coefficient (Wildman–Crippen LogP) is 3.79. The fraction of sp³-hybridized carbons (Fsp3) is 0.316. The Balaban J connectivity index is 1.87. The highest BCUT2D eigenvalue weighted by Crippen LogP contribution is 2.31. The number of nitrogens with zero attached hydrogens (tertiary/aromatic N) is 1. The van der Waals surface area contributed by atoms with E-state index in [0.29, 0.717) is 6.54 Å². The molecule has 0 aliphatic heterocycles. The Labute approximate surface area is 131 Å². The first-order chi connectivity index (χ1) is 10.7. The zero-order valence-electron chi connectivity index (χ0n) is 13.0. The van der Waals surface area contributed by atoms with Crippen LogP contribution in [0.2, 0.25) is 0 Å². The van der Waals surface area contributed by atoms with Crippen LogP contribution in [0.25, 0.3) is 16.8 Å². The first kappa shape index (κ1) is 14.9. The minimum absolute atomic E-state index is 0.107. The van der Waals surface area contributed by atoms with Gasteiger partial charge in [-0.25, -0.2) is 5.01 Å². The fourth-order valence-electron chi connectivity index (χ4n) is 3.09. The second kappa shape index (κ2) is 6.42. The summed E-state index contributed by atoms with van der Waals surface area (Å²) in [6.07, 6.45) is 5.41. The summed E-state index contributed by atoms with van der Waals surface area (Å²) in [6.45, 7) is 3.50. The van der Waals surface area contributed by atoms with Crippen LogP contribution in [-0.2, 0) is 0 Å². The van der Waals surface area contributed by atoms with Crippen LogP contribution in [0.4, 0.5) is 0 Å². The van der Waals surface area contributed by atoms with Gasteiger partial charge >= 0.3 is 0 Å². The molecule has 3 heteroatoms. The molecule has 2 aromatic rings. The second-order valence-corrected chi connectivity index (χ2v) is 5.93. The van der Waals surface area contributed by atoms with E-state index in [9.17, 15) is 4.79 Å². The lowest BCUT2D eigenvalue weighted by Gasteiger charge is -2.21. The van der Waals surface area contributed by atoms with Crippen molar-refractivity contribution in [3.8, 4) is 0 Å². The van der Waals surface area contributed by atoms with Gasteiger partial charge in [-0.1, -0.05) is 56.2 Å². The van der Waals surface area contributed by atoms with Crippen molar-refractivity contribution in [3.63, 3.8) is 0 Å². The van der Waals surface area contributed by atoms with E-state index in [1.807, 2.05) is 24.3 Å². The Morgan fingerprint density at radius 1 is 1.09 bits per heavy atom. The van der Waals surface area contributed by atoms with Crippen molar-refractivity contribution < 1.29 is 4.79 Å². The molecule has 0 heterocycles. The highest BCUT2D eigenvalue weighted by Gasteiger charge is 2.22. The SMILES string of the molecule is CCCCCN(N)CC1=Cc2cccc3cccc(c23)C1=O. The minimum Gasteiger partial charge on any atom is -0.289 e. The molecule has 0 unspecified atom stereocenters. The van der Waals surface area contributed by atoms with E-state index in [1.54, 1.807) is 5.01 Å². The lowest BCUT2D eigenvalue weighted by Crippen LogP contribution is -2.35. The van der Waals surface area contributed by atoms with Crippen molar-refractivity contribution in [1.82, 2.24) is 5.01 Å². The van der Waals surface area contributed by atoms with Crippen LogP contribution < -0.4 is 5.84 Å². The van der Waals surface area contributed by atoms with Crippen LogP contribution in [0.15, 0.2) is 42.0 Å². The first-order valence-electron chi connectivity index (χ1n) is 7.97. The summed E-state index contributed by atoms with van der Waals surface area (Å²) in [4.78, 5) is 12.7. The molecule has 0 radical (unpaired) electrons. The average Bonchev–Trinajstić information content (AvgIpc) is 2.52. The molecule has 0 spiro atoms. The van der Waals surface area contributed by atoms with Crippen molar-refractivity contribution >= 4 is 22.6 Å². The number of hydrazine groups is 1. The number of Topliss-reactive ketones (excluding diaryl/α,β-unsaturated/α-hetero) is 1. The maximum Gasteiger partial charge on any atom is 0.191 e. The Kier molecular flexibility index (Phi) is 4.36. The molecule has 1 aliphatic carbocycles. The molecule has 3 nitrogen and oxygen atoms in total. The van der Waals surface area contributed by atoms with Gasteiger partial charge < -0.3 is 0 Å². The number of hydrogen-bond acceptors (Lipinski definition) is 3. The van der Waals surface area contributed by atoms with Gasteiger partial charge in [0.2, 0.25) is 0 Å². The maximum absolute atomic E-state index is 12.7. The van der Waals surface area contributed by atoms with Gasteiger partial charge in [-0.15, -0.1) is 0 Å². The lowest BCUT2D eigenvalue weighted by atomic mass is 9.88. The summed E-state index contributed by atoms with van der Waals surface area (Å²) in [5, 5.41) is 3.94. The molecule has 3 rings (SSSR count). The maximum atomic E-state index is 12.7. The van der Waals surface area contributed by atoms with Crippen molar-refractivity contribution in [2.45, 2.75) is 26.2 Å². The van der Waals surface area contributed by atoms with Crippen LogP contribution in [0.5, 0.6) is 0 Å². The number of benzene rings is 2. The predicted molar refractivity (Wildman–Crippen MR) is 91.5 cm³/mol.